The van der Waals surface area contributed by atoms with Gasteiger partial charge < -0.3 is 25.5 Å². The second kappa shape index (κ2) is 10.9. The Morgan fingerprint density at radius 3 is 1.95 bits per heavy atom. The fraction of sp³-hybridized carbons (Fsp3) is 0.545. The molecule has 0 aliphatic rings. The standard InChI is InChI=1S/C11H17N3O5/c15-5-2-1-3-9(17)13-8-11(19)14-7-10(18)12-4-6-16/h5-6H,1-4,7-8H2,(H,12,18)(H,13,17)(H,14,19). The first kappa shape index (κ1) is 16.8. The van der Waals surface area contributed by atoms with Gasteiger partial charge in [0.15, 0.2) is 0 Å². The van der Waals surface area contributed by atoms with Gasteiger partial charge in [0.1, 0.15) is 12.6 Å². The molecule has 0 aliphatic heterocycles. The van der Waals surface area contributed by atoms with E-state index in [0.717, 1.165) is 6.29 Å². The SMILES string of the molecule is O=CCCCC(=O)NCC(=O)NCC(=O)NCC=O. The average Bonchev–Trinajstić information content (AvgIpc) is 2.40. The molecule has 0 saturated carbocycles. The maximum absolute atomic E-state index is 11.2. The van der Waals surface area contributed by atoms with E-state index >= 15 is 0 Å². The molecule has 0 radical (unpaired) electrons. The van der Waals surface area contributed by atoms with Gasteiger partial charge in [-0.2, -0.15) is 0 Å². The third-order valence-electron chi connectivity index (χ3n) is 2.00. The van der Waals surface area contributed by atoms with Crippen LogP contribution in [0, 0.1) is 0 Å². The van der Waals surface area contributed by atoms with Gasteiger partial charge in [-0.3, -0.25) is 14.4 Å². The highest BCUT2D eigenvalue weighted by Crippen LogP contribution is 1.91. The van der Waals surface area contributed by atoms with Gasteiger partial charge >= 0.3 is 0 Å². The number of carbonyl (C=O) groups is 5. The van der Waals surface area contributed by atoms with Gasteiger partial charge in [0.05, 0.1) is 19.6 Å². The second-order valence-corrected chi connectivity index (χ2v) is 3.58. The molecule has 19 heavy (non-hydrogen) atoms. The third kappa shape index (κ3) is 10.6. The van der Waals surface area contributed by atoms with Crippen LogP contribution in [0.25, 0.3) is 0 Å². The minimum Gasteiger partial charge on any atom is -0.348 e. The van der Waals surface area contributed by atoms with Gasteiger partial charge in [0.2, 0.25) is 17.7 Å². The lowest BCUT2D eigenvalue weighted by molar-refractivity contribution is -0.128. The lowest BCUT2D eigenvalue weighted by atomic mass is 10.2. The van der Waals surface area contributed by atoms with Crippen LogP contribution in [0.15, 0.2) is 0 Å². The number of carbonyl (C=O) groups excluding carboxylic acids is 5. The van der Waals surface area contributed by atoms with Crippen molar-refractivity contribution in [1.82, 2.24) is 16.0 Å². The van der Waals surface area contributed by atoms with E-state index in [1.807, 2.05) is 0 Å². The van der Waals surface area contributed by atoms with E-state index in [2.05, 4.69) is 16.0 Å². The van der Waals surface area contributed by atoms with E-state index < -0.39 is 11.8 Å². The van der Waals surface area contributed by atoms with Crippen LogP contribution >= 0.6 is 0 Å². The van der Waals surface area contributed by atoms with Gasteiger partial charge in [-0.1, -0.05) is 0 Å². The maximum Gasteiger partial charge on any atom is 0.239 e. The lowest BCUT2D eigenvalue weighted by Gasteiger charge is -2.06. The zero-order valence-electron chi connectivity index (χ0n) is 10.4. The summed E-state index contributed by atoms with van der Waals surface area (Å²) in [6, 6.07) is 0. The Balaban J connectivity index is 3.63. The Labute approximate surface area is 110 Å². The molecule has 0 bridgehead atoms. The lowest BCUT2D eigenvalue weighted by Crippen LogP contribution is -2.42. The molecule has 0 aliphatic carbocycles. The number of unbranched alkanes of at least 4 members (excludes halogenated alkanes) is 1. The van der Waals surface area contributed by atoms with Crippen molar-refractivity contribution in [2.75, 3.05) is 19.6 Å². The summed E-state index contributed by atoms with van der Waals surface area (Å²) in [4.78, 5) is 53.4. The fourth-order valence-electron chi connectivity index (χ4n) is 1.07. The van der Waals surface area contributed by atoms with Crippen LogP contribution in [0.3, 0.4) is 0 Å². The van der Waals surface area contributed by atoms with Gasteiger partial charge in [0.25, 0.3) is 0 Å². The summed E-state index contributed by atoms with van der Waals surface area (Å²) in [6.45, 7) is -0.600. The molecule has 3 N–H and O–H groups in total. The van der Waals surface area contributed by atoms with E-state index in [1.54, 1.807) is 0 Å². The van der Waals surface area contributed by atoms with Crippen LogP contribution in [0.2, 0.25) is 0 Å². The molecule has 0 aromatic rings. The topological polar surface area (TPSA) is 121 Å². The molecule has 0 atom stereocenters. The van der Waals surface area contributed by atoms with Crippen molar-refractivity contribution in [2.45, 2.75) is 19.3 Å². The molecular weight excluding hydrogens is 254 g/mol. The van der Waals surface area contributed by atoms with Crippen molar-refractivity contribution in [2.24, 2.45) is 0 Å². The molecule has 0 rings (SSSR count). The van der Waals surface area contributed by atoms with Crippen LogP contribution in [0.4, 0.5) is 0 Å². The Bertz CT molecular complexity index is 343. The number of nitrogens with one attached hydrogen (secondary N) is 3. The van der Waals surface area contributed by atoms with Crippen molar-refractivity contribution >= 4 is 30.3 Å². The zero-order valence-corrected chi connectivity index (χ0v) is 10.4. The van der Waals surface area contributed by atoms with E-state index in [4.69, 9.17) is 0 Å². The van der Waals surface area contributed by atoms with E-state index in [0.29, 0.717) is 19.1 Å². The number of amides is 3. The van der Waals surface area contributed by atoms with E-state index in [9.17, 15) is 24.0 Å². The Kier molecular flexibility index (Phi) is 9.59. The summed E-state index contributed by atoms with van der Waals surface area (Å²) in [5.74, 6) is -1.33. The Hall–Kier alpha value is -2.25. The Morgan fingerprint density at radius 2 is 1.37 bits per heavy atom. The summed E-state index contributed by atoms with van der Waals surface area (Å²) in [6.07, 6.45) is 2.16. The van der Waals surface area contributed by atoms with Crippen molar-refractivity contribution in [3.8, 4) is 0 Å². The van der Waals surface area contributed by atoms with Crippen LogP contribution in [-0.4, -0.2) is 49.9 Å². The normalized spacial score (nSPS) is 9.26. The third-order valence-corrected chi connectivity index (χ3v) is 2.00. The summed E-state index contributed by atoms with van der Waals surface area (Å²) in [5.41, 5.74) is 0. The van der Waals surface area contributed by atoms with Crippen LogP contribution in [-0.2, 0) is 24.0 Å². The van der Waals surface area contributed by atoms with Crippen molar-refractivity contribution in [1.29, 1.82) is 0 Å². The molecule has 0 heterocycles. The van der Waals surface area contributed by atoms with Gasteiger partial charge in [-0.05, 0) is 6.42 Å². The van der Waals surface area contributed by atoms with Gasteiger partial charge in [-0.25, -0.2) is 0 Å². The average molecular weight is 271 g/mol. The van der Waals surface area contributed by atoms with Gasteiger partial charge in [-0.15, -0.1) is 0 Å². The second-order valence-electron chi connectivity index (χ2n) is 3.58. The Morgan fingerprint density at radius 1 is 0.789 bits per heavy atom. The highest BCUT2D eigenvalue weighted by atomic mass is 16.2. The molecule has 0 spiro atoms. The molecule has 106 valence electrons. The first-order valence-corrected chi connectivity index (χ1v) is 5.77. The highest BCUT2D eigenvalue weighted by molar-refractivity contribution is 5.88. The predicted octanol–water partition coefficient (Wildman–Crippen LogP) is -2.10. The zero-order chi connectivity index (χ0) is 14.5. The van der Waals surface area contributed by atoms with Crippen LogP contribution in [0.1, 0.15) is 19.3 Å². The van der Waals surface area contributed by atoms with Gasteiger partial charge in [0, 0.05) is 12.8 Å². The molecule has 3 amide bonds. The quantitative estimate of drug-likeness (QED) is 0.310. The predicted molar refractivity (Wildman–Crippen MR) is 65.0 cm³/mol. The number of rotatable bonds is 10. The molecular formula is C11H17N3O5. The smallest absolute Gasteiger partial charge is 0.239 e. The molecule has 0 fully saturated rings. The number of hydrogen-bond donors (Lipinski definition) is 3. The highest BCUT2D eigenvalue weighted by Gasteiger charge is 2.07. The summed E-state index contributed by atoms with van der Waals surface area (Å²) in [7, 11) is 0. The van der Waals surface area contributed by atoms with E-state index in [-0.39, 0.29) is 32.0 Å². The van der Waals surface area contributed by atoms with Crippen molar-refractivity contribution < 1.29 is 24.0 Å². The van der Waals surface area contributed by atoms with Crippen LogP contribution < -0.4 is 16.0 Å². The molecule has 0 aromatic carbocycles. The van der Waals surface area contributed by atoms with Crippen LogP contribution in [0.5, 0.6) is 0 Å². The first-order chi connectivity index (χ1) is 9.10. The molecule has 0 saturated heterocycles. The molecule has 8 nitrogen and oxygen atoms in total. The van der Waals surface area contributed by atoms with Crippen molar-refractivity contribution in [3.63, 3.8) is 0 Å². The molecule has 0 aromatic heterocycles. The monoisotopic (exact) mass is 271 g/mol. The minimum absolute atomic E-state index is 0.109. The molecule has 0 unspecified atom stereocenters. The maximum atomic E-state index is 11.2. The molecule has 8 heteroatoms. The summed E-state index contributed by atoms with van der Waals surface area (Å²) in [5, 5.41) is 6.87. The van der Waals surface area contributed by atoms with Crippen molar-refractivity contribution in [3.05, 3.63) is 0 Å². The fourth-order valence-corrected chi connectivity index (χ4v) is 1.07. The number of aldehydes is 2. The van der Waals surface area contributed by atoms with E-state index in [1.165, 1.54) is 0 Å². The summed E-state index contributed by atoms with van der Waals surface area (Å²) >= 11 is 0. The largest absolute Gasteiger partial charge is 0.348 e. The number of hydrogen-bond acceptors (Lipinski definition) is 5. The summed E-state index contributed by atoms with van der Waals surface area (Å²) < 4.78 is 0. The minimum atomic E-state index is -0.509. The first-order valence-electron chi connectivity index (χ1n) is 5.77.